The molecule has 0 aromatic heterocycles. The third-order valence-corrected chi connectivity index (χ3v) is 3.13. The van der Waals surface area contributed by atoms with Gasteiger partial charge in [-0.15, -0.1) is 0 Å². The Hall–Kier alpha value is -0.570. The lowest BCUT2D eigenvalue weighted by molar-refractivity contribution is -0.140. The zero-order valence-corrected chi connectivity index (χ0v) is 7.83. The van der Waals surface area contributed by atoms with E-state index in [2.05, 4.69) is 5.32 Å². The number of aliphatic carboxylic acids is 1. The summed E-state index contributed by atoms with van der Waals surface area (Å²) in [6.45, 7) is 0. The van der Waals surface area contributed by atoms with Gasteiger partial charge in [0.25, 0.3) is 0 Å². The van der Waals surface area contributed by atoms with Crippen LogP contribution in [-0.2, 0) is 4.79 Å². The summed E-state index contributed by atoms with van der Waals surface area (Å²) < 4.78 is 0. The van der Waals surface area contributed by atoms with Gasteiger partial charge in [0.1, 0.15) is 6.04 Å². The van der Waals surface area contributed by atoms with E-state index in [-0.39, 0.29) is 6.04 Å². The molecule has 3 heteroatoms. The first-order valence-electron chi connectivity index (χ1n) is 5.26. The zero-order chi connectivity index (χ0) is 9.26. The van der Waals surface area contributed by atoms with Crippen LogP contribution in [0.3, 0.4) is 0 Å². The van der Waals surface area contributed by atoms with Crippen LogP contribution in [0.2, 0.25) is 0 Å². The van der Waals surface area contributed by atoms with Crippen molar-refractivity contribution in [2.75, 3.05) is 0 Å². The van der Waals surface area contributed by atoms with Crippen molar-refractivity contribution >= 4 is 5.97 Å². The van der Waals surface area contributed by atoms with Crippen LogP contribution >= 0.6 is 0 Å². The Morgan fingerprint density at radius 2 is 1.85 bits per heavy atom. The van der Waals surface area contributed by atoms with E-state index < -0.39 is 5.97 Å². The third-order valence-electron chi connectivity index (χ3n) is 3.13. The quantitative estimate of drug-likeness (QED) is 0.692. The Morgan fingerprint density at radius 1 is 1.23 bits per heavy atom. The molecule has 2 rings (SSSR count). The molecule has 0 aromatic rings. The normalized spacial score (nSPS) is 26.2. The van der Waals surface area contributed by atoms with Crippen LogP contribution in [0, 0.1) is 5.92 Å². The molecule has 2 aliphatic rings. The summed E-state index contributed by atoms with van der Waals surface area (Å²) in [5, 5.41) is 12.3. The molecule has 3 nitrogen and oxygen atoms in total. The second kappa shape index (κ2) is 3.66. The molecular formula is C10H17NO2. The standard InChI is InChI=1S/C10H17NO2/c12-10(13)9(7-5-6-7)11-8-3-1-2-4-8/h7-9,11H,1-6H2,(H,12,13). The lowest BCUT2D eigenvalue weighted by Crippen LogP contribution is -2.43. The van der Waals surface area contributed by atoms with Gasteiger partial charge in [0, 0.05) is 6.04 Å². The lowest BCUT2D eigenvalue weighted by atomic mass is 10.1. The average Bonchev–Trinajstić information content (AvgIpc) is 2.79. The zero-order valence-electron chi connectivity index (χ0n) is 7.83. The molecule has 0 aliphatic heterocycles. The van der Waals surface area contributed by atoms with Gasteiger partial charge in [0.2, 0.25) is 0 Å². The van der Waals surface area contributed by atoms with E-state index in [1.54, 1.807) is 0 Å². The van der Waals surface area contributed by atoms with Gasteiger partial charge in [0.05, 0.1) is 0 Å². The van der Waals surface area contributed by atoms with Gasteiger partial charge in [-0.3, -0.25) is 4.79 Å². The molecule has 0 radical (unpaired) electrons. The fourth-order valence-electron chi connectivity index (χ4n) is 2.18. The highest BCUT2D eigenvalue weighted by Crippen LogP contribution is 2.33. The number of hydrogen-bond acceptors (Lipinski definition) is 2. The number of carbonyl (C=O) groups is 1. The first kappa shape index (κ1) is 9.00. The van der Waals surface area contributed by atoms with Crippen molar-refractivity contribution in [1.82, 2.24) is 5.32 Å². The van der Waals surface area contributed by atoms with Crippen LogP contribution in [0.15, 0.2) is 0 Å². The smallest absolute Gasteiger partial charge is 0.320 e. The van der Waals surface area contributed by atoms with Crippen LogP contribution < -0.4 is 5.32 Å². The van der Waals surface area contributed by atoms with Crippen molar-refractivity contribution < 1.29 is 9.90 Å². The van der Waals surface area contributed by atoms with Crippen molar-refractivity contribution in [1.29, 1.82) is 0 Å². The van der Waals surface area contributed by atoms with E-state index in [1.807, 2.05) is 0 Å². The predicted molar refractivity (Wildman–Crippen MR) is 49.5 cm³/mol. The molecule has 2 fully saturated rings. The van der Waals surface area contributed by atoms with E-state index in [1.165, 1.54) is 12.8 Å². The van der Waals surface area contributed by atoms with Gasteiger partial charge in [-0.1, -0.05) is 12.8 Å². The topological polar surface area (TPSA) is 49.3 Å². The van der Waals surface area contributed by atoms with Crippen LogP contribution in [0.1, 0.15) is 38.5 Å². The van der Waals surface area contributed by atoms with Crippen molar-refractivity contribution in [2.24, 2.45) is 5.92 Å². The minimum absolute atomic E-state index is 0.261. The maximum atomic E-state index is 10.9. The second-order valence-electron chi connectivity index (χ2n) is 4.30. The molecule has 0 spiro atoms. The summed E-state index contributed by atoms with van der Waals surface area (Å²) in [5.41, 5.74) is 0. The Balaban J connectivity index is 1.84. The van der Waals surface area contributed by atoms with Crippen molar-refractivity contribution in [3.63, 3.8) is 0 Å². The first-order chi connectivity index (χ1) is 6.27. The largest absolute Gasteiger partial charge is 0.480 e. The molecule has 74 valence electrons. The monoisotopic (exact) mass is 183 g/mol. The molecular weight excluding hydrogens is 166 g/mol. The number of carboxylic acids is 1. The van der Waals surface area contributed by atoms with Crippen molar-refractivity contribution in [3.05, 3.63) is 0 Å². The van der Waals surface area contributed by atoms with Gasteiger partial charge in [0.15, 0.2) is 0 Å². The number of nitrogens with one attached hydrogen (secondary N) is 1. The Labute approximate surface area is 78.5 Å². The molecule has 2 aliphatic carbocycles. The maximum Gasteiger partial charge on any atom is 0.320 e. The number of hydrogen-bond donors (Lipinski definition) is 2. The fraction of sp³-hybridized carbons (Fsp3) is 0.900. The van der Waals surface area contributed by atoms with E-state index in [9.17, 15) is 4.79 Å². The molecule has 1 unspecified atom stereocenters. The van der Waals surface area contributed by atoms with Gasteiger partial charge in [-0.25, -0.2) is 0 Å². The van der Waals surface area contributed by atoms with Crippen LogP contribution in [-0.4, -0.2) is 23.2 Å². The highest BCUT2D eigenvalue weighted by Gasteiger charge is 2.37. The molecule has 0 heterocycles. The highest BCUT2D eigenvalue weighted by atomic mass is 16.4. The summed E-state index contributed by atoms with van der Waals surface area (Å²) in [4.78, 5) is 10.9. The number of rotatable bonds is 4. The summed E-state index contributed by atoms with van der Waals surface area (Å²) >= 11 is 0. The lowest BCUT2D eigenvalue weighted by Gasteiger charge is -2.18. The summed E-state index contributed by atoms with van der Waals surface area (Å²) in [5.74, 6) is -0.243. The molecule has 2 saturated carbocycles. The van der Waals surface area contributed by atoms with E-state index >= 15 is 0 Å². The van der Waals surface area contributed by atoms with Gasteiger partial charge >= 0.3 is 5.97 Å². The molecule has 0 saturated heterocycles. The molecule has 0 amide bonds. The SMILES string of the molecule is O=C(O)C(NC1CCCC1)C1CC1. The van der Waals surface area contributed by atoms with E-state index in [0.717, 1.165) is 25.7 Å². The highest BCUT2D eigenvalue weighted by molar-refractivity contribution is 5.74. The predicted octanol–water partition coefficient (Wildman–Crippen LogP) is 1.38. The molecule has 2 N–H and O–H groups in total. The van der Waals surface area contributed by atoms with Crippen LogP contribution in [0.5, 0.6) is 0 Å². The first-order valence-corrected chi connectivity index (χ1v) is 5.26. The maximum absolute atomic E-state index is 10.9. The third kappa shape index (κ3) is 2.21. The second-order valence-corrected chi connectivity index (χ2v) is 4.30. The summed E-state index contributed by atoms with van der Waals surface area (Å²) in [6, 6.07) is 0.213. The summed E-state index contributed by atoms with van der Waals surface area (Å²) in [6.07, 6.45) is 7.03. The minimum atomic E-state index is -0.658. The van der Waals surface area contributed by atoms with Crippen LogP contribution in [0.4, 0.5) is 0 Å². The fourth-order valence-corrected chi connectivity index (χ4v) is 2.18. The molecule has 0 aromatic carbocycles. The van der Waals surface area contributed by atoms with Crippen molar-refractivity contribution in [2.45, 2.75) is 50.6 Å². The van der Waals surface area contributed by atoms with Crippen molar-refractivity contribution in [3.8, 4) is 0 Å². The Kier molecular flexibility index (Phi) is 2.54. The van der Waals surface area contributed by atoms with Gasteiger partial charge in [-0.05, 0) is 31.6 Å². The van der Waals surface area contributed by atoms with Gasteiger partial charge in [-0.2, -0.15) is 0 Å². The summed E-state index contributed by atoms with van der Waals surface area (Å²) in [7, 11) is 0. The van der Waals surface area contributed by atoms with Crippen LogP contribution in [0.25, 0.3) is 0 Å². The van der Waals surface area contributed by atoms with E-state index in [0.29, 0.717) is 12.0 Å². The number of carboxylic acid groups (broad SMARTS) is 1. The Bertz CT molecular complexity index is 195. The molecule has 13 heavy (non-hydrogen) atoms. The minimum Gasteiger partial charge on any atom is -0.480 e. The Morgan fingerprint density at radius 3 is 2.31 bits per heavy atom. The van der Waals surface area contributed by atoms with Gasteiger partial charge < -0.3 is 10.4 Å². The molecule has 0 bridgehead atoms. The average molecular weight is 183 g/mol. The van der Waals surface area contributed by atoms with E-state index in [4.69, 9.17) is 5.11 Å². The molecule has 1 atom stereocenters.